The third-order valence-electron chi connectivity index (χ3n) is 4.97. The number of tetrazole rings is 1. The molecule has 0 spiro atoms. The van der Waals surface area contributed by atoms with Gasteiger partial charge in [-0.25, -0.2) is 0 Å². The average molecular weight is 347 g/mol. The lowest BCUT2D eigenvalue weighted by Gasteiger charge is -2.30. The molecule has 0 unspecified atom stereocenters. The average Bonchev–Trinajstić information content (AvgIpc) is 3.22. The van der Waals surface area contributed by atoms with Gasteiger partial charge in [0.25, 0.3) is 5.91 Å². The van der Waals surface area contributed by atoms with Crippen molar-refractivity contribution in [1.82, 2.24) is 25.5 Å². The van der Waals surface area contributed by atoms with E-state index in [-0.39, 0.29) is 11.8 Å². The van der Waals surface area contributed by atoms with E-state index in [2.05, 4.69) is 45.7 Å². The second-order valence-corrected chi connectivity index (χ2v) is 6.79. The second-order valence-electron chi connectivity index (χ2n) is 6.79. The van der Waals surface area contributed by atoms with Crippen molar-refractivity contribution in [1.29, 1.82) is 0 Å². The Balaban J connectivity index is 1.48. The van der Waals surface area contributed by atoms with Crippen LogP contribution in [0, 0.1) is 6.92 Å². The molecule has 0 bridgehead atoms. The summed E-state index contributed by atoms with van der Waals surface area (Å²) in [4.78, 5) is 14.8. The fourth-order valence-corrected chi connectivity index (χ4v) is 3.52. The summed E-state index contributed by atoms with van der Waals surface area (Å²) >= 11 is 0. The minimum Gasteiger partial charge on any atom is -0.339 e. The number of aromatic amines is 1. The molecular weight excluding hydrogens is 326 g/mol. The van der Waals surface area contributed by atoms with Crippen LogP contribution >= 0.6 is 0 Å². The maximum Gasteiger partial charge on any atom is 0.253 e. The van der Waals surface area contributed by atoms with E-state index in [0.717, 1.165) is 35.4 Å². The summed E-state index contributed by atoms with van der Waals surface area (Å²) in [6, 6.07) is 16.2. The first-order valence-electron chi connectivity index (χ1n) is 8.90. The van der Waals surface area contributed by atoms with Crippen LogP contribution in [0.25, 0.3) is 11.1 Å². The summed E-state index contributed by atoms with van der Waals surface area (Å²) in [5, 5.41) is 14.3. The van der Waals surface area contributed by atoms with Crippen LogP contribution < -0.4 is 0 Å². The van der Waals surface area contributed by atoms with Gasteiger partial charge >= 0.3 is 0 Å². The number of carbonyl (C=O) groups is 1. The molecule has 1 fully saturated rings. The SMILES string of the molecule is Cc1cccc(-c2cccc(C(=O)N3CCC(c4nn[nH]n4)CC3)c2)c1. The highest BCUT2D eigenvalue weighted by atomic mass is 16.2. The number of nitrogens with one attached hydrogen (secondary N) is 1. The van der Waals surface area contributed by atoms with Crippen molar-refractivity contribution < 1.29 is 4.79 Å². The van der Waals surface area contributed by atoms with Gasteiger partial charge in [-0.3, -0.25) is 4.79 Å². The van der Waals surface area contributed by atoms with Crippen LogP contribution in [-0.4, -0.2) is 44.5 Å². The molecule has 0 saturated carbocycles. The summed E-state index contributed by atoms with van der Waals surface area (Å²) in [6.07, 6.45) is 1.73. The molecule has 1 saturated heterocycles. The van der Waals surface area contributed by atoms with Crippen molar-refractivity contribution in [2.24, 2.45) is 0 Å². The number of likely N-dealkylation sites (tertiary alicyclic amines) is 1. The zero-order valence-electron chi connectivity index (χ0n) is 14.7. The van der Waals surface area contributed by atoms with Gasteiger partial charge in [0.1, 0.15) is 0 Å². The van der Waals surface area contributed by atoms with E-state index in [1.165, 1.54) is 5.56 Å². The van der Waals surface area contributed by atoms with Gasteiger partial charge in [-0.15, -0.1) is 10.2 Å². The number of hydrogen-bond acceptors (Lipinski definition) is 4. The number of aryl methyl sites for hydroxylation is 1. The number of nitrogens with zero attached hydrogens (tertiary/aromatic N) is 4. The number of piperidine rings is 1. The molecule has 26 heavy (non-hydrogen) atoms. The van der Waals surface area contributed by atoms with Gasteiger partial charge in [0.2, 0.25) is 0 Å². The van der Waals surface area contributed by atoms with Gasteiger partial charge in [-0.2, -0.15) is 5.21 Å². The van der Waals surface area contributed by atoms with Crippen molar-refractivity contribution >= 4 is 5.91 Å². The van der Waals surface area contributed by atoms with Gasteiger partial charge in [0.15, 0.2) is 5.82 Å². The van der Waals surface area contributed by atoms with E-state index in [1.54, 1.807) is 0 Å². The summed E-state index contributed by atoms with van der Waals surface area (Å²) in [5.41, 5.74) is 4.15. The first-order valence-corrected chi connectivity index (χ1v) is 8.90. The number of H-pyrrole nitrogens is 1. The maximum absolute atomic E-state index is 12.9. The van der Waals surface area contributed by atoms with E-state index < -0.39 is 0 Å². The van der Waals surface area contributed by atoms with Crippen LogP contribution in [0.15, 0.2) is 48.5 Å². The van der Waals surface area contributed by atoms with Gasteiger partial charge in [-0.05, 0) is 43.0 Å². The van der Waals surface area contributed by atoms with E-state index in [9.17, 15) is 4.79 Å². The molecule has 2 heterocycles. The minimum absolute atomic E-state index is 0.0889. The number of benzene rings is 2. The summed E-state index contributed by atoms with van der Waals surface area (Å²) in [7, 11) is 0. The van der Waals surface area contributed by atoms with Gasteiger partial charge in [0.05, 0.1) is 0 Å². The van der Waals surface area contributed by atoms with E-state index in [4.69, 9.17) is 0 Å². The Morgan fingerprint density at radius 3 is 2.50 bits per heavy atom. The van der Waals surface area contributed by atoms with E-state index >= 15 is 0 Å². The maximum atomic E-state index is 12.9. The number of aromatic nitrogens is 4. The molecule has 0 atom stereocenters. The van der Waals surface area contributed by atoms with Crippen molar-refractivity contribution in [2.45, 2.75) is 25.7 Å². The predicted molar refractivity (Wildman–Crippen MR) is 98.7 cm³/mol. The zero-order chi connectivity index (χ0) is 17.9. The monoisotopic (exact) mass is 347 g/mol. The van der Waals surface area contributed by atoms with Gasteiger partial charge < -0.3 is 4.90 Å². The summed E-state index contributed by atoms with van der Waals surface area (Å²) in [6.45, 7) is 3.51. The lowest BCUT2D eigenvalue weighted by molar-refractivity contribution is 0.0711. The highest BCUT2D eigenvalue weighted by molar-refractivity contribution is 5.95. The van der Waals surface area contributed by atoms with Crippen molar-refractivity contribution in [3.8, 4) is 11.1 Å². The first kappa shape index (κ1) is 16.4. The molecule has 6 nitrogen and oxygen atoms in total. The van der Waals surface area contributed by atoms with Crippen molar-refractivity contribution in [3.05, 3.63) is 65.5 Å². The Morgan fingerprint density at radius 2 is 1.81 bits per heavy atom. The fourth-order valence-electron chi connectivity index (χ4n) is 3.52. The van der Waals surface area contributed by atoms with Crippen LogP contribution in [-0.2, 0) is 0 Å². The summed E-state index contributed by atoms with van der Waals surface area (Å²) < 4.78 is 0. The summed E-state index contributed by atoms with van der Waals surface area (Å²) in [5.74, 6) is 1.11. The Hall–Kier alpha value is -3.02. The van der Waals surface area contributed by atoms with Crippen molar-refractivity contribution in [3.63, 3.8) is 0 Å². The van der Waals surface area contributed by atoms with Crippen LogP contribution in [0.2, 0.25) is 0 Å². The van der Waals surface area contributed by atoms with E-state index in [0.29, 0.717) is 13.1 Å². The topological polar surface area (TPSA) is 74.8 Å². The molecule has 6 heteroatoms. The van der Waals surface area contributed by atoms with Crippen LogP contribution in [0.3, 0.4) is 0 Å². The number of rotatable bonds is 3. The van der Waals surface area contributed by atoms with E-state index in [1.807, 2.05) is 35.2 Å². The molecule has 1 aliphatic rings. The quantitative estimate of drug-likeness (QED) is 0.789. The highest BCUT2D eigenvalue weighted by Crippen LogP contribution is 2.27. The number of amides is 1. The van der Waals surface area contributed by atoms with Crippen LogP contribution in [0.4, 0.5) is 0 Å². The second kappa shape index (κ2) is 7.07. The zero-order valence-corrected chi connectivity index (χ0v) is 14.7. The molecule has 1 amide bonds. The predicted octanol–water partition coefficient (Wildman–Crippen LogP) is 3.19. The third-order valence-corrected chi connectivity index (χ3v) is 4.97. The largest absolute Gasteiger partial charge is 0.339 e. The lowest BCUT2D eigenvalue weighted by atomic mass is 9.95. The van der Waals surface area contributed by atoms with Gasteiger partial charge in [-0.1, -0.05) is 47.2 Å². The Kier molecular flexibility index (Phi) is 4.48. The molecule has 1 aromatic heterocycles. The Bertz CT molecular complexity index is 898. The molecule has 0 aliphatic carbocycles. The molecule has 132 valence electrons. The molecule has 1 N–H and O–H groups in total. The standard InChI is InChI=1S/C20H21N5O/c1-14-4-2-5-16(12-14)17-6-3-7-18(13-17)20(26)25-10-8-15(9-11-25)19-21-23-24-22-19/h2-7,12-13,15H,8-11H2,1H3,(H,21,22,23,24). The normalized spacial score (nSPS) is 15.2. The third kappa shape index (κ3) is 3.35. The molecule has 4 rings (SSSR count). The van der Waals surface area contributed by atoms with Gasteiger partial charge in [0, 0.05) is 24.6 Å². The molecule has 3 aromatic rings. The molecule has 0 radical (unpaired) electrons. The smallest absolute Gasteiger partial charge is 0.253 e. The molecule has 2 aromatic carbocycles. The lowest BCUT2D eigenvalue weighted by Crippen LogP contribution is -2.38. The Morgan fingerprint density at radius 1 is 1.08 bits per heavy atom. The van der Waals surface area contributed by atoms with Crippen LogP contribution in [0.5, 0.6) is 0 Å². The Labute approximate surface area is 152 Å². The van der Waals surface area contributed by atoms with Crippen LogP contribution in [0.1, 0.15) is 40.5 Å². The first-order chi connectivity index (χ1) is 12.7. The highest BCUT2D eigenvalue weighted by Gasteiger charge is 2.26. The molecular formula is C20H21N5O. The number of hydrogen-bond donors (Lipinski definition) is 1. The fraction of sp³-hybridized carbons (Fsp3) is 0.300. The minimum atomic E-state index is 0.0889. The van der Waals surface area contributed by atoms with Crippen molar-refractivity contribution in [2.75, 3.05) is 13.1 Å². The molecule has 1 aliphatic heterocycles. The number of carbonyl (C=O) groups excluding carboxylic acids is 1.